The van der Waals surface area contributed by atoms with E-state index < -0.39 is 5.60 Å². The van der Waals surface area contributed by atoms with E-state index in [1.165, 1.54) is 0 Å². The van der Waals surface area contributed by atoms with Gasteiger partial charge in [-0.15, -0.1) is 0 Å². The number of esters is 1. The highest BCUT2D eigenvalue weighted by molar-refractivity contribution is 9.10. The molecule has 0 radical (unpaired) electrons. The van der Waals surface area contributed by atoms with Crippen molar-refractivity contribution < 1.29 is 14.6 Å². The average Bonchev–Trinajstić information content (AvgIpc) is 2.29. The second-order valence-electron chi connectivity index (χ2n) is 3.88. The van der Waals surface area contributed by atoms with Crippen LogP contribution in [-0.4, -0.2) is 17.7 Å². The Kier molecular flexibility index (Phi) is 5.15. The van der Waals surface area contributed by atoms with Crippen molar-refractivity contribution in [1.29, 1.82) is 0 Å². The van der Waals surface area contributed by atoms with E-state index in [-0.39, 0.29) is 12.4 Å². The molecule has 0 aromatic heterocycles. The number of carbonyl (C=O) groups excluding carboxylic acids is 1. The van der Waals surface area contributed by atoms with Gasteiger partial charge in [0.05, 0.1) is 18.6 Å². The van der Waals surface area contributed by atoms with Crippen LogP contribution in [0.4, 0.5) is 0 Å². The molecule has 0 aliphatic carbocycles. The van der Waals surface area contributed by atoms with E-state index in [1.54, 1.807) is 6.92 Å². The van der Waals surface area contributed by atoms with E-state index in [2.05, 4.69) is 15.9 Å². The molecule has 3 nitrogen and oxygen atoms in total. The molecule has 1 aromatic rings. The summed E-state index contributed by atoms with van der Waals surface area (Å²) in [5.74, 6) is -0.378. The Labute approximate surface area is 110 Å². The molecule has 1 atom stereocenters. The maximum Gasteiger partial charge on any atom is 0.309 e. The fourth-order valence-electron chi connectivity index (χ4n) is 1.66. The summed E-state index contributed by atoms with van der Waals surface area (Å²) in [5, 5.41) is 10.5. The quantitative estimate of drug-likeness (QED) is 0.850. The van der Waals surface area contributed by atoms with Gasteiger partial charge in [-0.2, -0.15) is 0 Å². The molecule has 0 heterocycles. The van der Waals surface area contributed by atoms with Crippen molar-refractivity contribution >= 4 is 21.9 Å². The summed E-state index contributed by atoms with van der Waals surface area (Å²) in [6.07, 6.45) is 0.441. The van der Waals surface area contributed by atoms with E-state index in [1.807, 2.05) is 31.2 Å². The van der Waals surface area contributed by atoms with E-state index in [0.29, 0.717) is 13.0 Å². The highest BCUT2D eigenvalue weighted by atomic mass is 79.9. The van der Waals surface area contributed by atoms with Gasteiger partial charge in [0.1, 0.15) is 0 Å². The van der Waals surface area contributed by atoms with Crippen molar-refractivity contribution in [3.8, 4) is 0 Å². The molecule has 0 spiro atoms. The lowest BCUT2D eigenvalue weighted by atomic mass is 9.88. The fourth-order valence-corrected chi connectivity index (χ4v) is 2.06. The average molecular weight is 301 g/mol. The number of aliphatic hydroxyl groups is 1. The number of rotatable bonds is 5. The molecule has 0 saturated carbocycles. The first-order chi connectivity index (χ1) is 8.01. The smallest absolute Gasteiger partial charge is 0.309 e. The lowest BCUT2D eigenvalue weighted by Gasteiger charge is -2.26. The van der Waals surface area contributed by atoms with Crippen LogP contribution >= 0.6 is 15.9 Å². The summed E-state index contributed by atoms with van der Waals surface area (Å²) in [4.78, 5) is 11.5. The summed E-state index contributed by atoms with van der Waals surface area (Å²) in [7, 11) is 0. The maximum atomic E-state index is 11.5. The molecule has 1 rings (SSSR count). The zero-order chi connectivity index (χ0) is 12.9. The van der Waals surface area contributed by atoms with Crippen LogP contribution < -0.4 is 0 Å². The van der Waals surface area contributed by atoms with Gasteiger partial charge in [0.25, 0.3) is 0 Å². The number of halogens is 1. The Bertz CT molecular complexity index is 392. The minimum atomic E-state index is -1.16. The Morgan fingerprint density at radius 3 is 2.71 bits per heavy atom. The summed E-state index contributed by atoms with van der Waals surface area (Å²) in [6.45, 7) is 3.93. The second kappa shape index (κ2) is 6.17. The van der Waals surface area contributed by atoms with Crippen molar-refractivity contribution in [1.82, 2.24) is 0 Å². The third-order valence-electron chi connectivity index (χ3n) is 2.69. The number of ether oxygens (including phenoxy) is 1. The molecule has 1 aromatic carbocycles. The van der Waals surface area contributed by atoms with Crippen LogP contribution in [0.2, 0.25) is 0 Å². The molecule has 0 amide bonds. The van der Waals surface area contributed by atoms with Gasteiger partial charge in [-0.3, -0.25) is 4.79 Å². The van der Waals surface area contributed by atoms with Crippen LogP contribution in [0.5, 0.6) is 0 Å². The predicted octanol–water partition coefficient (Wildman–Crippen LogP) is 3.00. The first-order valence-corrected chi connectivity index (χ1v) is 6.45. The topological polar surface area (TPSA) is 46.5 Å². The first-order valence-electron chi connectivity index (χ1n) is 5.66. The van der Waals surface area contributed by atoms with Crippen LogP contribution in [0.15, 0.2) is 28.7 Å². The molecule has 1 unspecified atom stereocenters. The van der Waals surface area contributed by atoms with E-state index in [4.69, 9.17) is 4.74 Å². The monoisotopic (exact) mass is 300 g/mol. The zero-order valence-electron chi connectivity index (χ0n) is 10.1. The molecule has 0 aliphatic heterocycles. The van der Waals surface area contributed by atoms with Gasteiger partial charge < -0.3 is 9.84 Å². The van der Waals surface area contributed by atoms with Gasteiger partial charge in [-0.1, -0.05) is 35.0 Å². The van der Waals surface area contributed by atoms with Crippen LogP contribution in [0.3, 0.4) is 0 Å². The van der Waals surface area contributed by atoms with Crippen molar-refractivity contribution in [2.24, 2.45) is 0 Å². The minimum absolute atomic E-state index is 0.0200. The lowest BCUT2D eigenvalue weighted by Crippen LogP contribution is -2.29. The maximum absolute atomic E-state index is 11.5. The number of carbonyl (C=O) groups is 1. The Morgan fingerprint density at radius 1 is 1.47 bits per heavy atom. The summed E-state index contributed by atoms with van der Waals surface area (Å²) in [6, 6.07) is 7.35. The van der Waals surface area contributed by atoms with Gasteiger partial charge in [-0.25, -0.2) is 0 Å². The molecular weight excluding hydrogens is 284 g/mol. The third-order valence-corrected chi connectivity index (χ3v) is 3.18. The van der Waals surface area contributed by atoms with Gasteiger partial charge in [-0.05, 0) is 31.0 Å². The highest BCUT2D eigenvalue weighted by Crippen LogP contribution is 2.30. The zero-order valence-corrected chi connectivity index (χ0v) is 11.7. The number of hydrogen-bond acceptors (Lipinski definition) is 3. The summed E-state index contributed by atoms with van der Waals surface area (Å²) in [5.41, 5.74) is -0.432. The summed E-state index contributed by atoms with van der Waals surface area (Å²) >= 11 is 3.35. The predicted molar refractivity (Wildman–Crippen MR) is 69.6 cm³/mol. The Morgan fingerprint density at radius 2 is 2.18 bits per heavy atom. The van der Waals surface area contributed by atoms with Crippen LogP contribution in [0, 0.1) is 0 Å². The Balaban J connectivity index is 2.91. The van der Waals surface area contributed by atoms with Crippen LogP contribution in [0.25, 0.3) is 0 Å². The largest absolute Gasteiger partial charge is 0.466 e. The molecule has 4 heteroatoms. The highest BCUT2D eigenvalue weighted by Gasteiger charge is 2.31. The van der Waals surface area contributed by atoms with Crippen molar-refractivity contribution in [3.05, 3.63) is 34.3 Å². The molecule has 0 saturated heterocycles. The Hall–Kier alpha value is -0.870. The second-order valence-corrected chi connectivity index (χ2v) is 4.79. The molecule has 0 aliphatic rings. The van der Waals surface area contributed by atoms with Crippen molar-refractivity contribution in [2.75, 3.05) is 6.61 Å². The van der Waals surface area contributed by atoms with E-state index in [9.17, 15) is 9.90 Å². The molecule has 0 bridgehead atoms. The van der Waals surface area contributed by atoms with Gasteiger partial charge >= 0.3 is 5.97 Å². The SMILES string of the molecule is CCOC(=O)CC(O)(CC)c1cccc(Br)c1. The minimum Gasteiger partial charge on any atom is -0.466 e. The standard InChI is InChI=1S/C13H17BrO3/c1-3-13(16,9-12(15)17-4-2)10-6-5-7-11(14)8-10/h5-8,16H,3-4,9H2,1-2H3. The normalized spacial score (nSPS) is 14.1. The molecule has 17 heavy (non-hydrogen) atoms. The van der Waals surface area contributed by atoms with Gasteiger partial charge in [0, 0.05) is 4.47 Å². The number of benzene rings is 1. The van der Waals surface area contributed by atoms with Crippen molar-refractivity contribution in [3.63, 3.8) is 0 Å². The van der Waals surface area contributed by atoms with Gasteiger partial charge in [0.15, 0.2) is 0 Å². The van der Waals surface area contributed by atoms with E-state index >= 15 is 0 Å². The van der Waals surface area contributed by atoms with Crippen LogP contribution in [-0.2, 0) is 15.1 Å². The molecular formula is C13H17BrO3. The third kappa shape index (κ3) is 3.82. The van der Waals surface area contributed by atoms with Crippen molar-refractivity contribution in [2.45, 2.75) is 32.3 Å². The number of hydrogen-bond donors (Lipinski definition) is 1. The van der Waals surface area contributed by atoms with Gasteiger partial charge in [0.2, 0.25) is 0 Å². The molecule has 0 fully saturated rings. The van der Waals surface area contributed by atoms with E-state index in [0.717, 1.165) is 10.0 Å². The summed E-state index contributed by atoms with van der Waals surface area (Å²) < 4.78 is 5.76. The first kappa shape index (κ1) is 14.2. The molecule has 94 valence electrons. The lowest BCUT2D eigenvalue weighted by molar-refractivity contribution is -0.149. The fraction of sp³-hybridized carbons (Fsp3) is 0.462. The molecule has 1 N–H and O–H groups in total. The van der Waals surface area contributed by atoms with Crippen LogP contribution in [0.1, 0.15) is 32.3 Å².